The number of hydrogen-bond acceptors (Lipinski definition) is 6. The Balaban J connectivity index is 1.54. The van der Waals surface area contributed by atoms with Gasteiger partial charge in [-0.3, -0.25) is 9.59 Å². The van der Waals surface area contributed by atoms with Crippen LogP contribution in [-0.4, -0.2) is 38.4 Å². The molecule has 1 fully saturated rings. The summed E-state index contributed by atoms with van der Waals surface area (Å²) in [7, 11) is 0. The van der Waals surface area contributed by atoms with Crippen LogP contribution in [-0.2, 0) is 16.0 Å². The number of Topliss-reactive ketones (excluding diaryl/α,β-unsaturated/α-hetero) is 1. The average molecular weight is 402 g/mol. The molecule has 1 aromatic heterocycles. The van der Waals surface area contributed by atoms with E-state index in [1.54, 1.807) is 0 Å². The van der Waals surface area contributed by atoms with Crippen LogP contribution in [0.15, 0.2) is 35.5 Å². The molecule has 1 aliphatic rings. The molecule has 3 rings (SSSR count). The maximum absolute atomic E-state index is 12.4. The predicted octanol–water partition coefficient (Wildman–Crippen LogP) is 2.45. The lowest BCUT2D eigenvalue weighted by molar-refractivity contribution is -0.125. The Labute approximate surface area is 169 Å². The molecular weight excluding hydrogens is 374 g/mol. The van der Waals surface area contributed by atoms with Crippen LogP contribution in [0.1, 0.15) is 56.3 Å². The number of nitrogens with zero attached hydrogens (tertiary/aromatic N) is 3. The smallest absolute Gasteiger partial charge is 0.231 e. The Morgan fingerprint density at radius 2 is 1.93 bits per heavy atom. The van der Waals surface area contributed by atoms with Crippen molar-refractivity contribution in [3.8, 4) is 0 Å². The van der Waals surface area contributed by atoms with Gasteiger partial charge in [0.2, 0.25) is 11.1 Å². The lowest BCUT2D eigenvalue weighted by Crippen LogP contribution is -2.42. The molecule has 8 heteroatoms. The number of carbonyl (C=O) groups is 2. The van der Waals surface area contributed by atoms with E-state index >= 15 is 0 Å². The maximum atomic E-state index is 12.4. The van der Waals surface area contributed by atoms with Gasteiger partial charge in [-0.1, -0.05) is 61.4 Å². The maximum Gasteiger partial charge on any atom is 0.231 e. The summed E-state index contributed by atoms with van der Waals surface area (Å²) >= 11 is 1.24. The van der Waals surface area contributed by atoms with E-state index < -0.39 is 6.04 Å². The van der Waals surface area contributed by atoms with E-state index in [1.807, 2.05) is 30.3 Å². The Morgan fingerprint density at radius 1 is 1.21 bits per heavy atom. The Kier molecular flexibility index (Phi) is 7.08. The molecule has 7 nitrogen and oxygen atoms in total. The molecule has 0 spiro atoms. The Hall–Kier alpha value is -2.35. The van der Waals surface area contributed by atoms with Crippen molar-refractivity contribution in [2.24, 2.45) is 0 Å². The van der Waals surface area contributed by atoms with Gasteiger partial charge in [0.25, 0.3) is 0 Å². The van der Waals surface area contributed by atoms with Gasteiger partial charge in [-0.2, -0.15) is 0 Å². The number of thioether (sulfide) groups is 1. The minimum atomic E-state index is -0.538. The number of rotatable bonds is 8. The third-order valence-corrected chi connectivity index (χ3v) is 6.05. The highest BCUT2D eigenvalue weighted by Gasteiger charge is 2.23. The standard InChI is InChI=1S/C20H27N5O2S/c1-14(26)17(12-15-8-4-2-5-9-15)22-18(27)13-28-20-24-23-19(25(20)21)16-10-6-3-7-11-16/h2,4-5,8-9,16-17H,3,6-7,10-13,21H2,1H3,(H,22,27). The summed E-state index contributed by atoms with van der Waals surface area (Å²) in [6, 6.07) is 9.11. The first-order valence-electron chi connectivity index (χ1n) is 9.71. The second kappa shape index (κ2) is 9.73. The summed E-state index contributed by atoms with van der Waals surface area (Å²) in [5, 5.41) is 11.7. The molecule has 1 aliphatic carbocycles. The highest BCUT2D eigenvalue weighted by molar-refractivity contribution is 7.99. The minimum absolute atomic E-state index is 0.0659. The quantitative estimate of drug-likeness (QED) is 0.520. The molecule has 1 heterocycles. The van der Waals surface area contributed by atoms with E-state index in [0.29, 0.717) is 17.5 Å². The molecule has 3 N–H and O–H groups in total. The molecule has 1 atom stereocenters. The van der Waals surface area contributed by atoms with E-state index in [2.05, 4.69) is 15.5 Å². The first kappa shape index (κ1) is 20.4. The lowest BCUT2D eigenvalue weighted by atomic mass is 9.89. The molecule has 1 aromatic carbocycles. The fourth-order valence-corrected chi connectivity index (χ4v) is 4.21. The number of nitrogens with two attached hydrogens (primary N) is 1. The summed E-state index contributed by atoms with van der Waals surface area (Å²) in [6.07, 6.45) is 6.29. The van der Waals surface area contributed by atoms with E-state index in [4.69, 9.17) is 5.84 Å². The second-order valence-electron chi connectivity index (χ2n) is 7.25. The van der Waals surface area contributed by atoms with Crippen LogP contribution < -0.4 is 11.2 Å². The van der Waals surface area contributed by atoms with Gasteiger partial charge in [-0.25, -0.2) is 4.68 Å². The van der Waals surface area contributed by atoms with Crippen molar-refractivity contribution in [1.29, 1.82) is 0 Å². The molecule has 1 amide bonds. The van der Waals surface area contributed by atoms with Gasteiger partial charge >= 0.3 is 0 Å². The second-order valence-corrected chi connectivity index (χ2v) is 8.20. The minimum Gasteiger partial charge on any atom is -0.345 e. The molecule has 0 aliphatic heterocycles. The average Bonchev–Trinajstić information content (AvgIpc) is 3.07. The predicted molar refractivity (Wildman–Crippen MR) is 109 cm³/mol. The number of aromatic nitrogens is 3. The number of benzene rings is 1. The molecule has 2 aromatic rings. The monoisotopic (exact) mass is 401 g/mol. The van der Waals surface area contributed by atoms with Crippen LogP contribution in [0.3, 0.4) is 0 Å². The van der Waals surface area contributed by atoms with Crippen molar-refractivity contribution in [2.75, 3.05) is 11.6 Å². The molecular formula is C20H27N5O2S. The first-order valence-corrected chi connectivity index (χ1v) is 10.7. The number of amides is 1. The largest absolute Gasteiger partial charge is 0.345 e. The van der Waals surface area contributed by atoms with Crippen LogP contribution in [0, 0.1) is 0 Å². The van der Waals surface area contributed by atoms with Crippen molar-refractivity contribution in [2.45, 2.75) is 62.6 Å². The van der Waals surface area contributed by atoms with Gasteiger partial charge in [0, 0.05) is 5.92 Å². The highest BCUT2D eigenvalue weighted by atomic mass is 32.2. The van der Waals surface area contributed by atoms with Gasteiger partial charge in [-0.15, -0.1) is 10.2 Å². The van der Waals surface area contributed by atoms with E-state index in [0.717, 1.165) is 24.2 Å². The van der Waals surface area contributed by atoms with E-state index in [-0.39, 0.29) is 17.4 Å². The molecule has 150 valence electrons. The van der Waals surface area contributed by atoms with Crippen molar-refractivity contribution in [3.05, 3.63) is 41.7 Å². The normalized spacial score (nSPS) is 15.9. The SMILES string of the molecule is CC(=O)C(Cc1ccccc1)NC(=O)CSc1nnc(C2CCCCC2)n1N. The summed E-state index contributed by atoms with van der Waals surface area (Å²) in [5.41, 5.74) is 1.01. The molecule has 0 bridgehead atoms. The lowest BCUT2D eigenvalue weighted by Gasteiger charge is -2.20. The van der Waals surface area contributed by atoms with Gasteiger partial charge in [-0.05, 0) is 31.7 Å². The number of nitrogens with one attached hydrogen (secondary N) is 1. The van der Waals surface area contributed by atoms with Crippen LogP contribution >= 0.6 is 11.8 Å². The number of hydrogen-bond donors (Lipinski definition) is 2. The molecule has 28 heavy (non-hydrogen) atoms. The summed E-state index contributed by atoms with van der Waals surface area (Å²) in [5.74, 6) is 7.16. The van der Waals surface area contributed by atoms with Crippen LogP contribution in [0.2, 0.25) is 0 Å². The number of nitrogen functional groups attached to an aromatic ring is 1. The van der Waals surface area contributed by atoms with Gasteiger partial charge < -0.3 is 11.2 Å². The summed E-state index contributed by atoms with van der Waals surface area (Å²) < 4.78 is 1.51. The van der Waals surface area contributed by atoms with Crippen molar-refractivity contribution >= 4 is 23.5 Å². The van der Waals surface area contributed by atoms with Gasteiger partial charge in [0.1, 0.15) is 0 Å². The topological polar surface area (TPSA) is 103 Å². The zero-order chi connectivity index (χ0) is 19.9. The number of ketones is 1. The molecule has 0 saturated heterocycles. The van der Waals surface area contributed by atoms with Gasteiger partial charge in [0.05, 0.1) is 11.8 Å². The Morgan fingerprint density at radius 3 is 2.61 bits per heavy atom. The number of carbonyl (C=O) groups excluding carboxylic acids is 2. The van der Waals surface area contributed by atoms with E-state index in [1.165, 1.54) is 42.6 Å². The third kappa shape index (κ3) is 5.34. The third-order valence-electron chi connectivity index (χ3n) is 5.10. The molecule has 1 saturated carbocycles. The zero-order valence-electron chi connectivity index (χ0n) is 16.1. The fraction of sp³-hybridized carbons (Fsp3) is 0.500. The van der Waals surface area contributed by atoms with Crippen LogP contribution in [0.4, 0.5) is 0 Å². The van der Waals surface area contributed by atoms with Gasteiger partial charge in [0.15, 0.2) is 11.6 Å². The Bertz CT molecular complexity index is 802. The first-order chi connectivity index (χ1) is 13.5. The summed E-state index contributed by atoms with van der Waals surface area (Å²) in [4.78, 5) is 24.3. The molecule has 0 radical (unpaired) electrons. The zero-order valence-corrected chi connectivity index (χ0v) is 17.0. The van der Waals surface area contributed by atoms with Crippen molar-refractivity contribution in [1.82, 2.24) is 20.2 Å². The summed E-state index contributed by atoms with van der Waals surface area (Å²) in [6.45, 7) is 1.49. The highest BCUT2D eigenvalue weighted by Crippen LogP contribution is 2.32. The van der Waals surface area contributed by atoms with E-state index in [9.17, 15) is 9.59 Å². The van der Waals surface area contributed by atoms with Crippen LogP contribution in [0.25, 0.3) is 0 Å². The molecule has 1 unspecified atom stereocenters. The van der Waals surface area contributed by atoms with Crippen molar-refractivity contribution in [3.63, 3.8) is 0 Å². The van der Waals surface area contributed by atoms with Crippen molar-refractivity contribution < 1.29 is 9.59 Å². The van der Waals surface area contributed by atoms with Crippen LogP contribution in [0.5, 0.6) is 0 Å². The fourth-order valence-electron chi connectivity index (χ4n) is 3.54.